The zero-order chi connectivity index (χ0) is 24.0. The number of para-hydroxylation sites is 1. The van der Waals surface area contributed by atoms with Crippen molar-refractivity contribution in [2.75, 3.05) is 4.90 Å². The molecule has 1 saturated heterocycles. The van der Waals surface area contributed by atoms with E-state index in [9.17, 15) is 5.11 Å². The van der Waals surface area contributed by atoms with Gasteiger partial charge in [0.15, 0.2) is 5.11 Å². The molecule has 0 spiro atoms. The second kappa shape index (κ2) is 8.78. The summed E-state index contributed by atoms with van der Waals surface area (Å²) in [5, 5.41) is 15.3. The van der Waals surface area contributed by atoms with Crippen LogP contribution in [0.25, 0.3) is 5.69 Å². The maximum absolute atomic E-state index is 10.8. The second-order valence-corrected chi connectivity index (χ2v) is 9.33. The van der Waals surface area contributed by atoms with Crippen molar-refractivity contribution in [1.29, 1.82) is 0 Å². The minimum absolute atomic E-state index is 0.120. The van der Waals surface area contributed by atoms with E-state index in [4.69, 9.17) is 23.8 Å². The number of phenols is 1. The van der Waals surface area contributed by atoms with Crippen LogP contribution in [0.15, 0.2) is 72.9 Å². The molecular formula is C27H25ClN4OS. The quantitative estimate of drug-likeness (QED) is 0.328. The Balaban J connectivity index is 1.76. The predicted octanol–water partition coefficient (Wildman–Crippen LogP) is 6.33. The van der Waals surface area contributed by atoms with E-state index in [0.29, 0.717) is 15.8 Å². The summed E-state index contributed by atoms with van der Waals surface area (Å²) >= 11 is 12.2. The van der Waals surface area contributed by atoms with Crippen LogP contribution in [-0.2, 0) is 0 Å². The van der Waals surface area contributed by atoms with Crippen molar-refractivity contribution in [2.24, 2.45) is 0 Å². The van der Waals surface area contributed by atoms with Gasteiger partial charge in [0.1, 0.15) is 5.75 Å². The first-order valence-electron chi connectivity index (χ1n) is 11.1. The van der Waals surface area contributed by atoms with Gasteiger partial charge in [0.05, 0.1) is 23.5 Å². The van der Waals surface area contributed by atoms with Gasteiger partial charge < -0.3 is 19.9 Å². The summed E-state index contributed by atoms with van der Waals surface area (Å²) in [6.45, 7) is 6.41. The molecule has 2 aromatic carbocycles. The van der Waals surface area contributed by atoms with Gasteiger partial charge in [-0.05, 0) is 81.0 Å². The highest BCUT2D eigenvalue weighted by Gasteiger charge is 2.44. The molecule has 0 amide bonds. The third-order valence-electron chi connectivity index (χ3n) is 6.61. The Morgan fingerprint density at radius 1 is 0.971 bits per heavy atom. The average Bonchev–Trinajstić information content (AvgIpc) is 3.29. The van der Waals surface area contributed by atoms with Crippen LogP contribution in [0, 0.1) is 20.8 Å². The molecular weight excluding hydrogens is 464 g/mol. The molecule has 1 aliphatic heterocycles. The van der Waals surface area contributed by atoms with Crippen LogP contribution in [0.4, 0.5) is 5.69 Å². The van der Waals surface area contributed by atoms with Crippen molar-refractivity contribution in [1.82, 2.24) is 14.9 Å². The Bertz CT molecular complexity index is 1370. The number of aromatic hydroxyl groups is 1. The Hall–Kier alpha value is -3.35. The Morgan fingerprint density at radius 3 is 2.41 bits per heavy atom. The monoisotopic (exact) mass is 488 g/mol. The summed E-state index contributed by atoms with van der Waals surface area (Å²) in [4.78, 5) is 6.61. The highest BCUT2D eigenvalue weighted by atomic mass is 35.5. The molecule has 7 heteroatoms. The number of aromatic nitrogens is 2. The highest BCUT2D eigenvalue weighted by molar-refractivity contribution is 7.80. The first kappa shape index (κ1) is 22.4. The van der Waals surface area contributed by atoms with Crippen LogP contribution in [-0.4, -0.2) is 19.8 Å². The molecule has 3 heterocycles. The first-order chi connectivity index (χ1) is 16.4. The van der Waals surface area contributed by atoms with E-state index in [1.807, 2.05) is 41.3 Å². The Morgan fingerprint density at radius 2 is 1.71 bits per heavy atom. The lowest BCUT2D eigenvalue weighted by Crippen LogP contribution is -2.30. The smallest absolute Gasteiger partial charge is 0.174 e. The topological polar surface area (TPSA) is 53.3 Å². The van der Waals surface area contributed by atoms with E-state index in [1.54, 1.807) is 24.4 Å². The maximum Gasteiger partial charge on any atom is 0.174 e. The molecule has 1 fully saturated rings. The average molecular weight is 489 g/mol. The van der Waals surface area contributed by atoms with E-state index in [0.717, 1.165) is 28.3 Å². The number of benzene rings is 2. The lowest BCUT2D eigenvalue weighted by molar-refractivity contribution is 0.472. The largest absolute Gasteiger partial charge is 0.506 e. The van der Waals surface area contributed by atoms with Gasteiger partial charge >= 0.3 is 0 Å². The van der Waals surface area contributed by atoms with Gasteiger partial charge in [-0.25, -0.2) is 0 Å². The zero-order valence-electron chi connectivity index (χ0n) is 19.2. The molecule has 4 aromatic rings. The van der Waals surface area contributed by atoms with Crippen molar-refractivity contribution in [3.8, 4) is 11.4 Å². The fraction of sp³-hybridized carbons (Fsp3) is 0.185. The summed E-state index contributed by atoms with van der Waals surface area (Å²) in [7, 11) is 0. The normalized spacial score (nSPS) is 17.8. The SMILES string of the molecule is Cc1c([C@H]2[C@H](c3ccccn3)NC(=S)N2c2cc(Cl)ccc2O)c(C)n(-c2ccccc2)c1C. The van der Waals surface area contributed by atoms with E-state index in [1.165, 1.54) is 5.56 Å². The van der Waals surface area contributed by atoms with E-state index in [2.05, 4.69) is 47.8 Å². The van der Waals surface area contributed by atoms with Gasteiger partial charge in [-0.1, -0.05) is 35.9 Å². The molecule has 2 aromatic heterocycles. The van der Waals surface area contributed by atoms with Crippen LogP contribution in [0.3, 0.4) is 0 Å². The first-order valence-corrected chi connectivity index (χ1v) is 11.9. The van der Waals surface area contributed by atoms with Crippen LogP contribution in [0.1, 0.15) is 40.3 Å². The molecule has 0 unspecified atom stereocenters. The summed E-state index contributed by atoms with van der Waals surface area (Å²) in [6.07, 6.45) is 1.79. The molecule has 1 aliphatic rings. The number of thiocarbonyl (C=S) groups is 1. The number of anilines is 1. The fourth-order valence-electron chi connectivity index (χ4n) is 5.00. The van der Waals surface area contributed by atoms with Gasteiger partial charge in [0, 0.05) is 33.9 Å². The summed E-state index contributed by atoms with van der Waals surface area (Å²) in [5.74, 6) is 0.120. The summed E-state index contributed by atoms with van der Waals surface area (Å²) in [5.41, 5.74) is 7.14. The van der Waals surface area contributed by atoms with Crippen molar-refractivity contribution in [3.63, 3.8) is 0 Å². The fourth-order valence-corrected chi connectivity index (χ4v) is 5.51. The van der Waals surface area contributed by atoms with Crippen LogP contribution < -0.4 is 10.2 Å². The molecule has 172 valence electrons. The number of hydrogen-bond acceptors (Lipinski definition) is 3. The van der Waals surface area contributed by atoms with Crippen LogP contribution >= 0.6 is 23.8 Å². The van der Waals surface area contributed by atoms with Gasteiger partial charge in [-0.2, -0.15) is 0 Å². The van der Waals surface area contributed by atoms with Crippen molar-refractivity contribution < 1.29 is 5.11 Å². The van der Waals surface area contributed by atoms with Crippen molar-refractivity contribution in [3.05, 3.63) is 106 Å². The van der Waals surface area contributed by atoms with Gasteiger partial charge in [0.2, 0.25) is 0 Å². The predicted molar refractivity (Wildman–Crippen MR) is 141 cm³/mol. The molecule has 5 nitrogen and oxygen atoms in total. The summed E-state index contributed by atoms with van der Waals surface area (Å²) in [6, 6.07) is 20.8. The standard InChI is InChI=1S/C27H25ClN4OS/c1-16-17(2)31(20-9-5-4-6-10-20)18(3)24(16)26-25(21-11-7-8-14-29-21)30-27(34)32(26)22-15-19(28)12-13-23(22)33/h4-15,25-26,33H,1-3H3,(H,30,34)/t25-,26-/m0/s1. The summed E-state index contributed by atoms with van der Waals surface area (Å²) < 4.78 is 2.28. The zero-order valence-corrected chi connectivity index (χ0v) is 20.7. The Labute approximate surface area is 209 Å². The van der Waals surface area contributed by atoms with E-state index < -0.39 is 0 Å². The highest BCUT2D eigenvalue weighted by Crippen LogP contribution is 2.47. The lowest BCUT2D eigenvalue weighted by Gasteiger charge is -2.29. The maximum atomic E-state index is 10.8. The number of nitrogens with zero attached hydrogens (tertiary/aromatic N) is 3. The number of rotatable bonds is 4. The van der Waals surface area contributed by atoms with Gasteiger partial charge in [-0.3, -0.25) is 4.98 Å². The Kier molecular flexibility index (Phi) is 5.80. The van der Waals surface area contributed by atoms with Crippen molar-refractivity contribution in [2.45, 2.75) is 32.9 Å². The van der Waals surface area contributed by atoms with E-state index >= 15 is 0 Å². The minimum atomic E-state index is -0.240. The minimum Gasteiger partial charge on any atom is -0.506 e. The third kappa shape index (κ3) is 3.63. The number of hydrogen-bond donors (Lipinski definition) is 2. The molecule has 0 aliphatic carbocycles. The van der Waals surface area contributed by atoms with E-state index in [-0.39, 0.29) is 17.8 Å². The van der Waals surface area contributed by atoms with Crippen LogP contribution in [0.2, 0.25) is 5.02 Å². The molecule has 0 radical (unpaired) electrons. The number of pyridine rings is 1. The molecule has 34 heavy (non-hydrogen) atoms. The number of halogens is 1. The lowest BCUT2D eigenvalue weighted by atomic mass is 9.93. The molecule has 5 rings (SSSR count). The molecule has 2 atom stereocenters. The number of phenolic OH excluding ortho intramolecular Hbond substituents is 1. The molecule has 2 N–H and O–H groups in total. The second-order valence-electron chi connectivity index (χ2n) is 8.51. The number of nitrogens with one attached hydrogen (secondary N) is 1. The van der Waals surface area contributed by atoms with Crippen LogP contribution in [0.5, 0.6) is 5.75 Å². The van der Waals surface area contributed by atoms with Gasteiger partial charge in [0.25, 0.3) is 0 Å². The van der Waals surface area contributed by atoms with Crippen molar-refractivity contribution >= 4 is 34.6 Å². The third-order valence-corrected chi connectivity index (χ3v) is 7.16. The van der Waals surface area contributed by atoms with Gasteiger partial charge in [-0.15, -0.1) is 0 Å². The molecule has 0 bridgehead atoms. The molecule has 0 saturated carbocycles.